The number of rotatable bonds is 16. The number of ether oxygens (including phenoxy) is 2. The molecule has 2 nitrogen and oxygen atoms in total. The maximum absolute atomic E-state index is 5.71. The second-order valence-corrected chi connectivity index (χ2v) is 6.54. The van der Waals surface area contributed by atoms with Crippen LogP contribution in [0, 0.1) is 12.1 Å². The summed E-state index contributed by atoms with van der Waals surface area (Å²) in [4.78, 5) is 0. The van der Waals surface area contributed by atoms with Crippen LogP contribution in [0.5, 0.6) is 11.5 Å². The van der Waals surface area contributed by atoms with Crippen molar-refractivity contribution in [1.29, 1.82) is 0 Å². The van der Waals surface area contributed by atoms with Gasteiger partial charge in [-0.15, -0.1) is 11.5 Å². The Labute approximate surface area is 227 Å². The second-order valence-electron chi connectivity index (χ2n) is 6.54. The molecule has 6 heteroatoms. The van der Waals surface area contributed by atoms with E-state index in [1.165, 1.54) is 64.2 Å². The molecule has 28 heavy (non-hydrogen) atoms. The van der Waals surface area contributed by atoms with Gasteiger partial charge in [0, 0.05) is 0 Å². The molecule has 1 aromatic carbocycles. The Morgan fingerprint density at radius 3 is 1.21 bits per heavy atom. The van der Waals surface area contributed by atoms with Crippen LogP contribution >= 0.6 is 0 Å². The Morgan fingerprint density at radius 2 is 0.893 bits per heavy atom. The molecule has 0 spiro atoms. The third kappa shape index (κ3) is 22.0. The van der Waals surface area contributed by atoms with Crippen molar-refractivity contribution < 1.29 is 43.4 Å². The molecular formula is C22H36Br2Mg2O2. The average molecular weight is 541 g/mol. The standard InChI is InChI=1S/C22H36O2.2BrH.2Mg/c1-3-5-7-9-11-13-19-23-21-15-17-22(18-16-21)24-20-14-12-10-8-6-4-2;;;;/h15,18H,3-14,19-20H2,1-2H3;2*1H;;/q-2;;;2*+2/p-2. The maximum atomic E-state index is 5.71. The summed E-state index contributed by atoms with van der Waals surface area (Å²) in [5.41, 5.74) is 0. The Hall–Kier alpha value is 1.31. The molecule has 0 aliphatic heterocycles. The van der Waals surface area contributed by atoms with E-state index >= 15 is 0 Å². The van der Waals surface area contributed by atoms with E-state index in [1.54, 1.807) is 0 Å². The SMILES string of the molecule is CCCCCCCCOc1[c-]cc(OCCCCCCCC)[c-]c1.[Br-].[Br-].[Mg+2].[Mg+2]. The maximum Gasteiger partial charge on any atom is 2.00 e. The Bertz CT molecular complexity index is 356. The fourth-order valence-corrected chi connectivity index (χ4v) is 2.65. The van der Waals surface area contributed by atoms with Crippen molar-refractivity contribution >= 4 is 46.1 Å². The van der Waals surface area contributed by atoms with Gasteiger partial charge in [0.25, 0.3) is 0 Å². The molecule has 0 saturated heterocycles. The minimum absolute atomic E-state index is 0. The van der Waals surface area contributed by atoms with Crippen molar-refractivity contribution in [1.82, 2.24) is 0 Å². The summed E-state index contributed by atoms with van der Waals surface area (Å²) in [5, 5.41) is 0. The van der Waals surface area contributed by atoms with Crippen LogP contribution in [0.1, 0.15) is 90.9 Å². The van der Waals surface area contributed by atoms with Crippen LogP contribution in [0.3, 0.4) is 0 Å². The van der Waals surface area contributed by atoms with Gasteiger partial charge in [-0.1, -0.05) is 78.1 Å². The molecule has 0 atom stereocenters. The summed E-state index contributed by atoms with van der Waals surface area (Å²) in [5.74, 6) is 1.55. The van der Waals surface area contributed by atoms with Gasteiger partial charge in [-0.3, -0.25) is 12.1 Å². The first-order valence-electron chi connectivity index (χ1n) is 10.1. The number of unbranched alkanes of at least 4 members (excludes halogenated alkanes) is 10. The van der Waals surface area contributed by atoms with Crippen molar-refractivity contribution in [3.63, 3.8) is 0 Å². The van der Waals surface area contributed by atoms with Gasteiger partial charge in [0.15, 0.2) is 0 Å². The molecule has 0 aliphatic carbocycles. The first-order chi connectivity index (χ1) is 11.9. The van der Waals surface area contributed by atoms with E-state index in [0.29, 0.717) is 0 Å². The van der Waals surface area contributed by atoms with Crippen LogP contribution in [0.2, 0.25) is 0 Å². The molecule has 0 bridgehead atoms. The van der Waals surface area contributed by atoms with E-state index in [2.05, 4.69) is 26.0 Å². The van der Waals surface area contributed by atoms with Crippen molar-refractivity contribution in [3.05, 3.63) is 24.3 Å². The molecule has 1 aromatic rings. The third-order valence-corrected chi connectivity index (χ3v) is 4.20. The Balaban J connectivity index is -0.000000720. The Kier molecular flexibility index (Phi) is 37.1. The van der Waals surface area contributed by atoms with Crippen molar-refractivity contribution in [2.24, 2.45) is 0 Å². The molecule has 0 fully saturated rings. The summed E-state index contributed by atoms with van der Waals surface area (Å²) >= 11 is 0. The van der Waals surface area contributed by atoms with Crippen LogP contribution in [-0.2, 0) is 0 Å². The first-order valence-corrected chi connectivity index (χ1v) is 10.1. The van der Waals surface area contributed by atoms with Gasteiger partial charge in [0.1, 0.15) is 0 Å². The number of halogens is 2. The van der Waals surface area contributed by atoms with Crippen LogP contribution in [-0.4, -0.2) is 59.3 Å². The van der Waals surface area contributed by atoms with Gasteiger partial charge in [-0.05, 0) is 12.8 Å². The Morgan fingerprint density at radius 1 is 0.571 bits per heavy atom. The molecule has 0 radical (unpaired) electrons. The van der Waals surface area contributed by atoms with Crippen molar-refractivity contribution in [2.75, 3.05) is 13.2 Å². The minimum atomic E-state index is 0. The van der Waals surface area contributed by atoms with E-state index < -0.39 is 0 Å². The molecule has 154 valence electrons. The predicted molar refractivity (Wildman–Crippen MR) is 113 cm³/mol. The zero-order valence-corrected chi connectivity index (χ0v) is 24.0. The molecule has 0 amide bonds. The third-order valence-electron chi connectivity index (χ3n) is 4.20. The molecular weight excluding hydrogens is 505 g/mol. The predicted octanol–water partition coefficient (Wildman–Crippen LogP) is 0.0120. The summed E-state index contributed by atoms with van der Waals surface area (Å²) in [7, 11) is 0. The van der Waals surface area contributed by atoms with E-state index in [9.17, 15) is 0 Å². The molecule has 0 aliphatic rings. The van der Waals surface area contributed by atoms with Gasteiger partial charge in [0.05, 0.1) is 13.2 Å². The zero-order chi connectivity index (χ0) is 17.3. The number of hydrogen-bond donors (Lipinski definition) is 0. The van der Waals surface area contributed by atoms with Crippen LogP contribution in [0.25, 0.3) is 0 Å². The fraction of sp³-hybridized carbons (Fsp3) is 0.727. The van der Waals surface area contributed by atoms with E-state index in [0.717, 1.165) is 37.6 Å². The van der Waals surface area contributed by atoms with Crippen LogP contribution in [0.15, 0.2) is 12.1 Å². The minimum Gasteiger partial charge on any atom is -1.00 e. The number of hydrogen-bond acceptors (Lipinski definition) is 2. The molecule has 0 saturated carbocycles. The first kappa shape index (κ1) is 36.7. The zero-order valence-electron chi connectivity index (χ0n) is 18.0. The molecule has 1 rings (SSSR count). The molecule has 0 aromatic heterocycles. The van der Waals surface area contributed by atoms with Gasteiger partial charge in [0.2, 0.25) is 0 Å². The number of benzene rings is 1. The molecule has 0 heterocycles. The van der Waals surface area contributed by atoms with Crippen LogP contribution in [0.4, 0.5) is 0 Å². The van der Waals surface area contributed by atoms with E-state index in [-0.39, 0.29) is 80.1 Å². The fourth-order valence-electron chi connectivity index (χ4n) is 2.65. The normalized spacial score (nSPS) is 9.21. The molecule has 0 unspecified atom stereocenters. The van der Waals surface area contributed by atoms with Crippen LogP contribution < -0.4 is 43.4 Å². The topological polar surface area (TPSA) is 18.5 Å². The summed E-state index contributed by atoms with van der Waals surface area (Å²) in [6, 6.07) is 9.96. The van der Waals surface area contributed by atoms with Crippen molar-refractivity contribution in [3.8, 4) is 11.5 Å². The van der Waals surface area contributed by atoms with E-state index in [1.807, 2.05) is 12.1 Å². The van der Waals surface area contributed by atoms with E-state index in [4.69, 9.17) is 9.47 Å². The summed E-state index contributed by atoms with van der Waals surface area (Å²) in [6.07, 6.45) is 15.4. The average Bonchev–Trinajstić information content (AvgIpc) is 2.61. The van der Waals surface area contributed by atoms with Gasteiger partial charge in [-0.25, -0.2) is 12.1 Å². The largest absolute Gasteiger partial charge is 2.00 e. The summed E-state index contributed by atoms with van der Waals surface area (Å²) in [6.45, 7) is 6.04. The second kappa shape index (κ2) is 28.3. The van der Waals surface area contributed by atoms with Gasteiger partial charge < -0.3 is 43.4 Å². The monoisotopic (exact) mass is 538 g/mol. The van der Waals surface area contributed by atoms with Crippen molar-refractivity contribution in [2.45, 2.75) is 90.9 Å². The van der Waals surface area contributed by atoms with Gasteiger partial charge in [-0.2, -0.15) is 0 Å². The molecule has 0 N–H and O–H groups in total. The quantitative estimate of drug-likeness (QED) is 0.167. The van der Waals surface area contributed by atoms with Gasteiger partial charge >= 0.3 is 46.1 Å². The smallest absolute Gasteiger partial charge is 1.00 e. The summed E-state index contributed by atoms with van der Waals surface area (Å²) < 4.78 is 11.4.